The lowest BCUT2D eigenvalue weighted by Crippen LogP contribution is -2.39. The molecule has 2 amide bonds. The van der Waals surface area contributed by atoms with E-state index in [1.807, 2.05) is 12.1 Å². The lowest BCUT2D eigenvalue weighted by molar-refractivity contribution is -0.135. The van der Waals surface area contributed by atoms with Gasteiger partial charge in [0.05, 0.1) is 0 Å². The number of likely N-dealkylation sites (N-methyl/N-ethyl adjacent to an activating group) is 1. The van der Waals surface area contributed by atoms with Gasteiger partial charge in [-0.1, -0.05) is 37.6 Å². The van der Waals surface area contributed by atoms with Crippen LogP contribution >= 0.6 is 11.6 Å². The first kappa shape index (κ1) is 15.8. The molecular weight excluding hydrogens is 288 g/mol. The van der Waals surface area contributed by atoms with E-state index in [9.17, 15) is 9.59 Å². The molecule has 2 unspecified atom stereocenters. The molecule has 0 aromatic heterocycles. The minimum absolute atomic E-state index is 0.00106. The van der Waals surface area contributed by atoms with Crippen LogP contribution in [0.3, 0.4) is 0 Å². The van der Waals surface area contributed by atoms with Crippen molar-refractivity contribution in [1.82, 2.24) is 9.80 Å². The molecular formula is C16H21ClN2O2. The molecule has 5 heteroatoms. The molecule has 2 atom stereocenters. The van der Waals surface area contributed by atoms with Crippen LogP contribution in [-0.4, -0.2) is 34.7 Å². The Morgan fingerprint density at radius 3 is 2.33 bits per heavy atom. The van der Waals surface area contributed by atoms with Crippen molar-refractivity contribution in [3.8, 4) is 0 Å². The molecule has 114 valence electrons. The zero-order valence-corrected chi connectivity index (χ0v) is 13.6. The lowest BCUT2D eigenvalue weighted by Gasteiger charge is -2.30. The normalized spacial score (nSPS) is 22.3. The summed E-state index contributed by atoms with van der Waals surface area (Å²) in [5.41, 5.74) is 0.900. The summed E-state index contributed by atoms with van der Waals surface area (Å²) in [7, 11) is 1.75. The van der Waals surface area contributed by atoms with Crippen molar-refractivity contribution < 1.29 is 9.59 Å². The van der Waals surface area contributed by atoms with Gasteiger partial charge in [-0.25, -0.2) is 0 Å². The number of halogens is 1. The zero-order chi connectivity index (χ0) is 15.7. The van der Waals surface area contributed by atoms with E-state index in [0.29, 0.717) is 17.4 Å². The molecule has 1 aliphatic rings. The molecule has 1 aliphatic heterocycles. The molecule has 1 saturated heterocycles. The first-order chi connectivity index (χ1) is 9.82. The smallest absolute Gasteiger partial charge is 0.247 e. The van der Waals surface area contributed by atoms with Gasteiger partial charge in [-0.05, 0) is 30.0 Å². The van der Waals surface area contributed by atoms with E-state index in [2.05, 4.69) is 13.8 Å². The van der Waals surface area contributed by atoms with Crippen LogP contribution in [-0.2, 0) is 9.59 Å². The highest BCUT2D eigenvalue weighted by Crippen LogP contribution is 2.36. The maximum Gasteiger partial charge on any atom is 0.247 e. The van der Waals surface area contributed by atoms with Crippen molar-refractivity contribution in [2.24, 2.45) is 5.92 Å². The molecule has 1 heterocycles. The molecule has 1 aromatic carbocycles. The highest BCUT2D eigenvalue weighted by atomic mass is 35.5. The van der Waals surface area contributed by atoms with E-state index in [1.54, 1.807) is 29.0 Å². The summed E-state index contributed by atoms with van der Waals surface area (Å²) < 4.78 is 0. The van der Waals surface area contributed by atoms with E-state index in [4.69, 9.17) is 11.6 Å². The molecule has 0 aliphatic carbocycles. The minimum atomic E-state index is -0.381. The quantitative estimate of drug-likeness (QED) is 0.861. The van der Waals surface area contributed by atoms with Crippen LogP contribution in [0, 0.1) is 5.92 Å². The van der Waals surface area contributed by atoms with Crippen LogP contribution in [0.15, 0.2) is 24.3 Å². The summed E-state index contributed by atoms with van der Waals surface area (Å²) in [5, 5.41) is 0.638. The number of amides is 2. The topological polar surface area (TPSA) is 40.6 Å². The molecule has 1 fully saturated rings. The predicted octanol–water partition coefficient (Wildman–Crippen LogP) is 3.07. The monoisotopic (exact) mass is 308 g/mol. The highest BCUT2D eigenvalue weighted by molar-refractivity contribution is 6.30. The fourth-order valence-corrected chi connectivity index (χ4v) is 3.03. The summed E-state index contributed by atoms with van der Waals surface area (Å²) in [6.45, 7) is 5.63. The third-order valence-electron chi connectivity index (χ3n) is 3.83. The van der Waals surface area contributed by atoms with Crippen molar-refractivity contribution in [1.29, 1.82) is 0 Å². The third-order valence-corrected chi connectivity index (χ3v) is 4.08. The highest BCUT2D eigenvalue weighted by Gasteiger charge is 2.46. The zero-order valence-electron chi connectivity index (χ0n) is 12.8. The minimum Gasteiger partial charge on any atom is -0.319 e. The second-order valence-electron chi connectivity index (χ2n) is 5.95. The SMILES string of the molecule is CC(=O)N1C(CC(C)C)C(=O)N(C)C1c1ccc(Cl)cc1. The summed E-state index contributed by atoms with van der Waals surface area (Å²) >= 11 is 5.92. The van der Waals surface area contributed by atoms with E-state index >= 15 is 0 Å². The van der Waals surface area contributed by atoms with Gasteiger partial charge in [-0.2, -0.15) is 0 Å². The number of hydrogen-bond donors (Lipinski definition) is 0. The first-order valence-corrected chi connectivity index (χ1v) is 7.51. The van der Waals surface area contributed by atoms with Gasteiger partial charge in [0.25, 0.3) is 0 Å². The summed E-state index contributed by atoms with van der Waals surface area (Å²) in [6, 6.07) is 6.91. The second kappa shape index (κ2) is 6.06. The van der Waals surface area contributed by atoms with Crippen molar-refractivity contribution in [2.75, 3.05) is 7.05 Å². The predicted molar refractivity (Wildman–Crippen MR) is 82.7 cm³/mol. The van der Waals surface area contributed by atoms with Gasteiger partial charge < -0.3 is 9.80 Å². The van der Waals surface area contributed by atoms with E-state index in [1.165, 1.54) is 6.92 Å². The average molecular weight is 309 g/mol. The molecule has 1 aromatic rings. The Kier molecular flexibility index (Phi) is 4.57. The van der Waals surface area contributed by atoms with Gasteiger partial charge in [0.1, 0.15) is 12.2 Å². The van der Waals surface area contributed by atoms with Gasteiger partial charge in [0, 0.05) is 19.0 Å². The fraction of sp³-hybridized carbons (Fsp3) is 0.500. The van der Waals surface area contributed by atoms with Crippen molar-refractivity contribution in [3.05, 3.63) is 34.9 Å². The summed E-state index contributed by atoms with van der Waals surface area (Å²) in [4.78, 5) is 27.9. The molecule has 0 saturated carbocycles. The number of hydrogen-bond acceptors (Lipinski definition) is 2. The van der Waals surface area contributed by atoms with Crippen LogP contribution in [0.5, 0.6) is 0 Å². The lowest BCUT2D eigenvalue weighted by atomic mass is 10.0. The first-order valence-electron chi connectivity index (χ1n) is 7.14. The van der Waals surface area contributed by atoms with Gasteiger partial charge in [-0.15, -0.1) is 0 Å². The van der Waals surface area contributed by atoms with Crippen molar-refractivity contribution in [2.45, 2.75) is 39.4 Å². The Labute approximate surface area is 130 Å². The summed E-state index contributed by atoms with van der Waals surface area (Å²) in [6.07, 6.45) is 0.323. The van der Waals surface area contributed by atoms with Crippen LogP contribution < -0.4 is 0 Å². The fourth-order valence-electron chi connectivity index (χ4n) is 2.90. The van der Waals surface area contributed by atoms with Crippen LogP contribution in [0.1, 0.15) is 38.9 Å². The number of nitrogens with zero attached hydrogens (tertiary/aromatic N) is 2. The van der Waals surface area contributed by atoms with Gasteiger partial charge >= 0.3 is 0 Å². The Morgan fingerprint density at radius 2 is 1.86 bits per heavy atom. The van der Waals surface area contributed by atoms with E-state index in [-0.39, 0.29) is 24.0 Å². The number of benzene rings is 1. The molecule has 2 rings (SSSR count). The summed E-state index contributed by atoms with van der Waals surface area (Å²) in [5.74, 6) is 0.260. The molecule has 0 radical (unpaired) electrons. The Balaban J connectivity index is 2.40. The average Bonchev–Trinajstić information content (AvgIpc) is 2.64. The Hall–Kier alpha value is -1.55. The van der Waals surface area contributed by atoms with E-state index in [0.717, 1.165) is 5.56 Å². The van der Waals surface area contributed by atoms with Gasteiger partial charge in [-0.3, -0.25) is 9.59 Å². The standard InChI is InChI=1S/C16H21ClN2O2/c1-10(2)9-14-16(21)18(4)15(19(14)11(3)20)12-5-7-13(17)8-6-12/h5-8,10,14-15H,9H2,1-4H3. The largest absolute Gasteiger partial charge is 0.319 e. The van der Waals surface area contributed by atoms with Gasteiger partial charge in [0.2, 0.25) is 11.8 Å². The van der Waals surface area contributed by atoms with E-state index < -0.39 is 0 Å². The van der Waals surface area contributed by atoms with Crippen molar-refractivity contribution >= 4 is 23.4 Å². The molecule has 21 heavy (non-hydrogen) atoms. The molecule has 4 nitrogen and oxygen atoms in total. The maximum atomic E-state index is 12.5. The second-order valence-corrected chi connectivity index (χ2v) is 6.38. The molecule has 0 spiro atoms. The molecule has 0 N–H and O–H groups in total. The number of carbonyl (C=O) groups excluding carboxylic acids is 2. The van der Waals surface area contributed by atoms with Crippen molar-refractivity contribution in [3.63, 3.8) is 0 Å². The van der Waals surface area contributed by atoms with Crippen LogP contribution in [0.25, 0.3) is 0 Å². The maximum absolute atomic E-state index is 12.5. The Bertz CT molecular complexity index is 542. The van der Waals surface area contributed by atoms with Crippen LogP contribution in [0.2, 0.25) is 5.02 Å². The number of carbonyl (C=O) groups is 2. The van der Waals surface area contributed by atoms with Crippen LogP contribution in [0.4, 0.5) is 0 Å². The Morgan fingerprint density at radius 1 is 1.29 bits per heavy atom. The number of rotatable bonds is 3. The third kappa shape index (κ3) is 3.05. The van der Waals surface area contributed by atoms with Gasteiger partial charge in [0.15, 0.2) is 0 Å². The molecule has 0 bridgehead atoms.